The minimum atomic E-state index is -1.01. The van der Waals surface area contributed by atoms with Crippen LogP contribution >= 0.6 is 11.3 Å². The van der Waals surface area contributed by atoms with Crippen molar-refractivity contribution in [2.75, 3.05) is 5.32 Å². The number of carboxylic acid groups (broad SMARTS) is 1. The van der Waals surface area contributed by atoms with E-state index in [1.165, 1.54) is 11.3 Å². The molecular weight excluding hydrogens is 240 g/mol. The van der Waals surface area contributed by atoms with Crippen molar-refractivity contribution in [3.63, 3.8) is 0 Å². The Labute approximate surface area is 104 Å². The Kier molecular flexibility index (Phi) is 4.96. The molecule has 3 N–H and O–H groups in total. The van der Waals surface area contributed by atoms with Crippen LogP contribution in [0.25, 0.3) is 0 Å². The van der Waals surface area contributed by atoms with Crippen LogP contribution in [-0.2, 0) is 4.79 Å². The maximum atomic E-state index is 11.6. The number of thiophene rings is 1. The number of anilines is 1. The molecule has 0 spiro atoms. The summed E-state index contributed by atoms with van der Waals surface area (Å²) >= 11 is 1.46. The van der Waals surface area contributed by atoms with E-state index >= 15 is 0 Å². The summed E-state index contributed by atoms with van der Waals surface area (Å²) in [5.74, 6) is -1.12. The number of hydrogen-bond acceptors (Lipinski definition) is 3. The highest BCUT2D eigenvalue weighted by Gasteiger charge is 2.25. The lowest BCUT2D eigenvalue weighted by Gasteiger charge is -2.20. The summed E-state index contributed by atoms with van der Waals surface area (Å²) in [6.45, 7) is 3.68. The molecule has 17 heavy (non-hydrogen) atoms. The quantitative estimate of drug-likeness (QED) is 0.756. The van der Waals surface area contributed by atoms with Crippen molar-refractivity contribution in [1.29, 1.82) is 0 Å². The lowest BCUT2D eigenvalue weighted by atomic mass is 9.99. The van der Waals surface area contributed by atoms with Gasteiger partial charge >= 0.3 is 12.0 Å². The fourth-order valence-corrected chi connectivity index (χ4v) is 1.91. The Balaban J connectivity index is 2.55. The molecule has 0 radical (unpaired) electrons. The number of aliphatic carboxylic acids is 1. The predicted octanol–water partition coefficient (Wildman–Crippen LogP) is 2.37. The fourth-order valence-electron chi connectivity index (χ4n) is 1.33. The van der Waals surface area contributed by atoms with Crippen LogP contribution in [0.5, 0.6) is 0 Å². The SMILES string of the molecule is CCC(C)[C@H](NC(=O)Nc1ccsc1)C(=O)O. The second-order valence-corrected chi connectivity index (χ2v) is 4.59. The van der Waals surface area contributed by atoms with Gasteiger partial charge in [0.05, 0.1) is 5.69 Å². The molecular formula is C11H16N2O3S. The zero-order chi connectivity index (χ0) is 12.8. The van der Waals surface area contributed by atoms with Gasteiger partial charge in [0, 0.05) is 5.38 Å². The summed E-state index contributed by atoms with van der Waals surface area (Å²) in [6.07, 6.45) is 0.690. The van der Waals surface area contributed by atoms with Crippen molar-refractivity contribution >= 4 is 29.0 Å². The molecule has 0 aliphatic carbocycles. The number of carbonyl (C=O) groups excluding carboxylic acids is 1. The summed E-state index contributed by atoms with van der Waals surface area (Å²) in [5.41, 5.74) is 0.667. The molecule has 0 bridgehead atoms. The molecule has 2 amide bonds. The molecule has 1 aromatic heterocycles. The number of urea groups is 1. The topological polar surface area (TPSA) is 78.4 Å². The average molecular weight is 256 g/mol. The first kappa shape index (κ1) is 13.5. The van der Waals surface area contributed by atoms with Gasteiger partial charge in [-0.3, -0.25) is 0 Å². The number of carbonyl (C=O) groups is 2. The first-order chi connectivity index (χ1) is 8.04. The summed E-state index contributed by atoms with van der Waals surface area (Å²) in [6, 6.07) is 0.401. The van der Waals surface area contributed by atoms with E-state index in [-0.39, 0.29) is 5.92 Å². The summed E-state index contributed by atoms with van der Waals surface area (Å²) in [4.78, 5) is 22.6. The zero-order valence-electron chi connectivity index (χ0n) is 9.77. The van der Waals surface area contributed by atoms with Gasteiger partial charge in [-0.05, 0) is 17.4 Å². The minimum absolute atomic E-state index is 0.110. The molecule has 1 rings (SSSR count). The number of hydrogen-bond donors (Lipinski definition) is 3. The second-order valence-electron chi connectivity index (χ2n) is 3.81. The molecule has 94 valence electrons. The van der Waals surface area contributed by atoms with E-state index in [1.54, 1.807) is 18.4 Å². The Morgan fingerprint density at radius 2 is 2.24 bits per heavy atom. The molecule has 0 saturated carbocycles. The van der Waals surface area contributed by atoms with Crippen LogP contribution in [0.15, 0.2) is 16.8 Å². The normalized spacial score (nSPS) is 13.8. The number of nitrogens with one attached hydrogen (secondary N) is 2. The molecule has 1 unspecified atom stereocenters. The highest BCUT2D eigenvalue weighted by molar-refractivity contribution is 7.08. The van der Waals surface area contributed by atoms with Gasteiger partial charge in [-0.25, -0.2) is 9.59 Å². The first-order valence-electron chi connectivity index (χ1n) is 5.37. The lowest BCUT2D eigenvalue weighted by Crippen LogP contribution is -2.46. The van der Waals surface area contributed by atoms with Gasteiger partial charge in [0.15, 0.2) is 0 Å². The van der Waals surface area contributed by atoms with Gasteiger partial charge in [-0.15, -0.1) is 0 Å². The van der Waals surface area contributed by atoms with Crippen molar-refractivity contribution < 1.29 is 14.7 Å². The van der Waals surface area contributed by atoms with Crippen LogP contribution in [-0.4, -0.2) is 23.1 Å². The summed E-state index contributed by atoms with van der Waals surface area (Å²) < 4.78 is 0. The molecule has 0 aromatic carbocycles. The molecule has 0 aliphatic rings. The van der Waals surface area contributed by atoms with Crippen molar-refractivity contribution in [3.8, 4) is 0 Å². The van der Waals surface area contributed by atoms with Crippen LogP contribution in [0, 0.1) is 5.92 Å². The number of rotatable bonds is 5. The van der Waals surface area contributed by atoms with Crippen LogP contribution in [0.2, 0.25) is 0 Å². The monoisotopic (exact) mass is 256 g/mol. The van der Waals surface area contributed by atoms with E-state index in [0.717, 1.165) is 0 Å². The Hall–Kier alpha value is -1.56. The Bertz CT molecular complexity index is 378. The van der Waals surface area contributed by atoms with Gasteiger partial charge in [0.25, 0.3) is 0 Å². The highest BCUT2D eigenvalue weighted by atomic mass is 32.1. The molecule has 6 heteroatoms. The van der Waals surface area contributed by atoms with Crippen LogP contribution < -0.4 is 10.6 Å². The van der Waals surface area contributed by atoms with Crippen molar-refractivity contribution in [2.45, 2.75) is 26.3 Å². The summed E-state index contributed by atoms with van der Waals surface area (Å²) in [7, 11) is 0. The van der Waals surface area contributed by atoms with E-state index in [9.17, 15) is 9.59 Å². The molecule has 1 aromatic rings. The van der Waals surface area contributed by atoms with Gasteiger partial charge in [-0.2, -0.15) is 11.3 Å². The van der Waals surface area contributed by atoms with Gasteiger partial charge in [-0.1, -0.05) is 20.3 Å². The predicted molar refractivity (Wildman–Crippen MR) is 67.4 cm³/mol. The number of carboxylic acids is 1. The third-order valence-corrected chi connectivity index (χ3v) is 3.23. The largest absolute Gasteiger partial charge is 0.480 e. The molecule has 2 atom stereocenters. The van der Waals surface area contributed by atoms with E-state index in [1.807, 2.05) is 12.3 Å². The maximum absolute atomic E-state index is 11.6. The molecule has 1 heterocycles. The van der Waals surface area contributed by atoms with Crippen LogP contribution in [0.3, 0.4) is 0 Å². The molecule has 0 aliphatic heterocycles. The van der Waals surface area contributed by atoms with E-state index in [2.05, 4.69) is 10.6 Å². The van der Waals surface area contributed by atoms with E-state index in [4.69, 9.17) is 5.11 Å². The smallest absolute Gasteiger partial charge is 0.326 e. The van der Waals surface area contributed by atoms with E-state index < -0.39 is 18.0 Å². The van der Waals surface area contributed by atoms with Crippen molar-refractivity contribution in [2.24, 2.45) is 5.92 Å². The third kappa shape index (κ3) is 4.07. The number of amides is 2. The fraction of sp³-hybridized carbons (Fsp3) is 0.455. The van der Waals surface area contributed by atoms with Crippen LogP contribution in [0.4, 0.5) is 10.5 Å². The standard InChI is InChI=1S/C11H16N2O3S/c1-3-7(2)9(10(14)15)13-11(16)12-8-4-5-17-6-8/h4-7,9H,3H2,1-2H3,(H,14,15)(H2,12,13,16)/t7?,9-/m0/s1. The first-order valence-corrected chi connectivity index (χ1v) is 6.31. The van der Waals surface area contributed by atoms with Gasteiger partial charge < -0.3 is 15.7 Å². The molecule has 0 saturated heterocycles. The lowest BCUT2D eigenvalue weighted by molar-refractivity contribution is -0.140. The minimum Gasteiger partial charge on any atom is -0.480 e. The molecule has 5 nitrogen and oxygen atoms in total. The van der Waals surface area contributed by atoms with Gasteiger partial charge in [0.2, 0.25) is 0 Å². The van der Waals surface area contributed by atoms with E-state index in [0.29, 0.717) is 12.1 Å². The maximum Gasteiger partial charge on any atom is 0.326 e. The third-order valence-electron chi connectivity index (χ3n) is 2.54. The van der Waals surface area contributed by atoms with Crippen molar-refractivity contribution in [1.82, 2.24) is 5.32 Å². The van der Waals surface area contributed by atoms with Crippen molar-refractivity contribution in [3.05, 3.63) is 16.8 Å². The second kappa shape index (κ2) is 6.24. The summed E-state index contributed by atoms with van der Waals surface area (Å²) in [5, 5.41) is 17.7. The Morgan fingerprint density at radius 1 is 1.53 bits per heavy atom. The Morgan fingerprint density at radius 3 is 2.71 bits per heavy atom. The van der Waals surface area contributed by atoms with Crippen LogP contribution in [0.1, 0.15) is 20.3 Å². The zero-order valence-corrected chi connectivity index (χ0v) is 10.6. The van der Waals surface area contributed by atoms with Gasteiger partial charge in [0.1, 0.15) is 6.04 Å². The molecule has 0 fully saturated rings. The average Bonchev–Trinajstić information content (AvgIpc) is 2.77. The highest BCUT2D eigenvalue weighted by Crippen LogP contribution is 2.12.